The van der Waals surface area contributed by atoms with Crippen LogP contribution in [0, 0.1) is 12.8 Å². The fourth-order valence-corrected chi connectivity index (χ4v) is 5.31. The molecule has 0 radical (unpaired) electrons. The predicted octanol–water partition coefficient (Wildman–Crippen LogP) is 5.45. The number of carbonyl (C=O) groups excluding carboxylic acids is 3. The van der Waals surface area contributed by atoms with Crippen LogP contribution < -0.4 is 16.6 Å². The third kappa shape index (κ3) is 9.81. The fraction of sp³-hybridized carbons (Fsp3) is 0.400. The Morgan fingerprint density at radius 3 is 2.38 bits per heavy atom. The molecule has 0 bridgehead atoms. The molecule has 50 heavy (non-hydrogen) atoms. The van der Waals surface area contributed by atoms with Crippen molar-refractivity contribution in [3.63, 3.8) is 0 Å². The summed E-state index contributed by atoms with van der Waals surface area (Å²) in [5.74, 6) is -0.710. The Morgan fingerprint density at radius 2 is 1.84 bits per heavy atom. The molecule has 270 valence electrons. The monoisotopic (exact) mass is 762 g/mol. The Morgan fingerprint density at radius 1 is 1.20 bits per heavy atom. The van der Waals surface area contributed by atoms with Gasteiger partial charge in [0.15, 0.2) is 6.73 Å². The number of halogens is 4. The molecule has 0 saturated heterocycles. The second-order valence-electron chi connectivity index (χ2n) is 12.4. The number of hydrogen-bond acceptors (Lipinski definition) is 8. The molecule has 0 saturated carbocycles. The average Bonchev–Trinajstić information content (AvgIpc) is 3.07. The van der Waals surface area contributed by atoms with Crippen LogP contribution in [0.5, 0.6) is 0 Å². The standard InChI is InChI=1S/C27H36N6O5.C8H6BrF3/c1-7-17(4)29-27-30-22-13-32(14-34)18(5)12-21(22)25(36)33(27)20-10-8-19(9-11-20)24(35)31(6)15-38-26(37)23(28)16(2)3;1-5-2-3-7(9)6(4-5)8(10,11)12/h7-11,14,16-18,23H,1,12-13,15,28H2,2-6H3,(H,29,30);2-4H,1H3. The number of esters is 1. The molecule has 3 aromatic rings. The first-order valence-corrected chi connectivity index (χ1v) is 16.5. The van der Waals surface area contributed by atoms with Crippen LogP contribution in [-0.2, 0) is 33.5 Å². The number of hydrogen-bond donors (Lipinski definition) is 2. The van der Waals surface area contributed by atoms with Crippen molar-refractivity contribution in [1.82, 2.24) is 19.4 Å². The number of anilines is 1. The summed E-state index contributed by atoms with van der Waals surface area (Å²) in [5, 5.41) is 3.19. The van der Waals surface area contributed by atoms with Gasteiger partial charge in [0.25, 0.3) is 11.5 Å². The van der Waals surface area contributed by atoms with E-state index >= 15 is 0 Å². The van der Waals surface area contributed by atoms with Crippen molar-refractivity contribution in [2.45, 2.75) is 71.9 Å². The zero-order chi connectivity index (χ0) is 37.5. The van der Waals surface area contributed by atoms with Gasteiger partial charge in [0.05, 0.1) is 23.5 Å². The highest BCUT2D eigenvalue weighted by molar-refractivity contribution is 9.10. The number of benzene rings is 2. The van der Waals surface area contributed by atoms with Gasteiger partial charge in [0, 0.05) is 34.7 Å². The minimum atomic E-state index is -4.27. The normalized spacial score (nSPS) is 15.2. The summed E-state index contributed by atoms with van der Waals surface area (Å²) in [6.45, 7) is 12.8. The highest BCUT2D eigenvalue weighted by Crippen LogP contribution is 2.35. The molecule has 3 N–H and O–H groups in total. The Balaban J connectivity index is 0.000000474. The number of aryl methyl sites for hydroxylation is 1. The summed E-state index contributed by atoms with van der Waals surface area (Å²) in [7, 11) is 1.52. The van der Waals surface area contributed by atoms with Crippen molar-refractivity contribution in [2.24, 2.45) is 11.7 Å². The number of aromatic nitrogens is 2. The van der Waals surface area contributed by atoms with Gasteiger partial charge in [0.2, 0.25) is 12.4 Å². The van der Waals surface area contributed by atoms with Gasteiger partial charge in [-0.2, -0.15) is 13.2 Å². The van der Waals surface area contributed by atoms with Gasteiger partial charge < -0.3 is 25.6 Å². The second kappa shape index (κ2) is 16.9. The van der Waals surface area contributed by atoms with Crippen molar-refractivity contribution >= 4 is 40.2 Å². The summed E-state index contributed by atoms with van der Waals surface area (Å²) < 4.78 is 43.3. The molecule has 0 fully saturated rings. The molecule has 1 aliphatic heterocycles. The van der Waals surface area contributed by atoms with Gasteiger partial charge >= 0.3 is 12.1 Å². The molecular weight excluding hydrogens is 721 g/mol. The lowest BCUT2D eigenvalue weighted by molar-refractivity contribution is -0.149. The minimum absolute atomic E-state index is 0.0839. The number of fused-ring (bicyclic) bond motifs is 1. The van der Waals surface area contributed by atoms with E-state index in [2.05, 4.69) is 27.8 Å². The van der Waals surface area contributed by atoms with E-state index < -0.39 is 23.8 Å². The Kier molecular flexibility index (Phi) is 13.5. The van der Waals surface area contributed by atoms with E-state index in [1.165, 1.54) is 22.6 Å². The van der Waals surface area contributed by atoms with Crippen molar-refractivity contribution in [1.29, 1.82) is 0 Å². The lowest BCUT2D eigenvalue weighted by atomic mass is 10.0. The largest absolute Gasteiger partial charge is 0.443 e. The van der Waals surface area contributed by atoms with Gasteiger partial charge in [-0.05, 0) is 69.5 Å². The van der Waals surface area contributed by atoms with Crippen LogP contribution in [0.2, 0.25) is 0 Å². The van der Waals surface area contributed by atoms with Crippen LogP contribution in [-0.4, -0.2) is 69.5 Å². The number of nitrogens with zero attached hydrogens (tertiary/aromatic N) is 4. The maximum atomic E-state index is 13.6. The SMILES string of the molecule is C=CC(C)Nc1nc2c(c(=O)n1-c1ccc(C(=O)N(C)COC(=O)C(N)C(C)C)cc1)CC(C)N(C=O)C2.Cc1ccc(Br)c(C(F)(F)F)c1. The number of nitrogens with two attached hydrogens (primary N) is 1. The number of amides is 2. The van der Waals surface area contributed by atoms with Crippen LogP contribution in [0.25, 0.3) is 5.69 Å². The van der Waals surface area contributed by atoms with Crippen molar-refractivity contribution in [2.75, 3.05) is 19.1 Å². The van der Waals surface area contributed by atoms with Crippen LogP contribution in [0.4, 0.5) is 19.1 Å². The van der Waals surface area contributed by atoms with E-state index in [9.17, 15) is 32.3 Å². The third-order valence-corrected chi connectivity index (χ3v) is 8.73. The molecule has 4 rings (SSSR count). The van der Waals surface area contributed by atoms with Gasteiger partial charge in [-0.15, -0.1) is 6.58 Å². The Bertz CT molecular complexity index is 1760. The number of carbonyl (C=O) groups is 3. The predicted molar refractivity (Wildman–Crippen MR) is 188 cm³/mol. The maximum Gasteiger partial charge on any atom is 0.417 e. The number of rotatable bonds is 10. The van der Waals surface area contributed by atoms with Gasteiger partial charge in [0.1, 0.15) is 6.04 Å². The molecule has 3 atom stereocenters. The van der Waals surface area contributed by atoms with Gasteiger partial charge in [-0.3, -0.25) is 19.2 Å². The quantitative estimate of drug-likeness (QED) is 0.120. The first-order chi connectivity index (χ1) is 23.4. The van der Waals surface area contributed by atoms with Gasteiger partial charge in [-0.25, -0.2) is 9.55 Å². The number of nitrogens with one attached hydrogen (secondary N) is 1. The second-order valence-corrected chi connectivity index (χ2v) is 13.2. The van der Waals surface area contributed by atoms with Crippen LogP contribution >= 0.6 is 15.9 Å². The van der Waals surface area contributed by atoms with Crippen LogP contribution in [0.3, 0.4) is 0 Å². The summed E-state index contributed by atoms with van der Waals surface area (Å²) >= 11 is 2.85. The summed E-state index contributed by atoms with van der Waals surface area (Å²) in [6.07, 6.45) is -1.43. The van der Waals surface area contributed by atoms with Crippen molar-refractivity contribution in [3.05, 3.63) is 97.9 Å². The molecule has 3 unspecified atom stereocenters. The summed E-state index contributed by atoms with van der Waals surface area (Å²) in [6, 6.07) is 9.57. The summed E-state index contributed by atoms with van der Waals surface area (Å²) in [4.78, 5) is 57.6. The molecule has 1 aliphatic rings. The van der Waals surface area contributed by atoms with Gasteiger partial charge in [-0.1, -0.05) is 47.5 Å². The molecule has 2 aromatic carbocycles. The highest BCUT2D eigenvalue weighted by atomic mass is 79.9. The van der Waals surface area contributed by atoms with E-state index in [1.807, 2.05) is 27.7 Å². The highest BCUT2D eigenvalue weighted by Gasteiger charge is 2.33. The zero-order valence-corrected chi connectivity index (χ0v) is 30.3. The zero-order valence-electron chi connectivity index (χ0n) is 28.8. The van der Waals surface area contributed by atoms with E-state index in [0.29, 0.717) is 40.4 Å². The molecular formula is C35H42BrF3N6O5. The maximum absolute atomic E-state index is 13.6. The van der Waals surface area contributed by atoms with Crippen LogP contribution in [0.1, 0.15) is 60.4 Å². The molecule has 2 heterocycles. The minimum Gasteiger partial charge on any atom is -0.443 e. The molecule has 0 spiro atoms. The van der Waals surface area contributed by atoms with E-state index in [-0.39, 0.29) is 47.2 Å². The molecule has 11 nitrogen and oxygen atoms in total. The van der Waals surface area contributed by atoms with E-state index in [1.54, 1.807) is 48.2 Å². The number of alkyl halides is 3. The Hall–Kier alpha value is -4.50. The van der Waals surface area contributed by atoms with E-state index in [0.717, 1.165) is 12.5 Å². The Labute approximate surface area is 297 Å². The van der Waals surface area contributed by atoms with E-state index in [4.69, 9.17) is 15.5 Å². The molecule has 2 amide bonds. The lowest BCUT2D eigenvalue weighted by Crippen LogP contribution is -2.42. The fourth-order valence-electron chi connectivity index (χ4n) is 4.83. The third-order valence-electron chi connectivity index (χ3n) is 8.04. The topological polar surface area (TPSA) is 140 Å². The summed E-state index contributed by atoms with van der Waals surface area (Å²) in [5.41, 5.74) is 7.50. The molecule has 15 heteroatoms. The number of ether oxygens (including phenoxy) is 1. The lowest BCUT2D eigenvalue weighted by Gasteiger charge is -2.31. The first-order valence-electron chi connectivity index (χ1n) is 15.8. The first kappa shape index (κ1) is 39.9. The van der Waals surface area contributed by atoms with Crippen molar-refractivity contribution < 1.29 is 32.3 Å². The average molecular weight is 764 g/mol. The van der Waals surface area contributed by atoms with Crippen LogP contribution in [0.15, 0.2) is 64.4 Å². The smallest absolute Gasteiger partial charge is 0.417 e. The van der Waals surface area contributed by atoms with Crippen molar-refractivity contribution in [3.8, 4) is 5.69 Å². The molecule has 1 aromatic heterocycles. The molecule has 0 aliphatic carbocycles.